The standard InChI is InChI=1S/C10H9N/c11-10-7-6-8-4-2-1-3-5-9(8)10/h1-6,11H,7H2. The van der Waals surface area contributed by atoms with Crippen LogP contribution in [-0.4, -0.2) is 5.71 Å². The van der Waals surface area contributed by atoms with Gasteiger partial charge in [0.15, 0.2) is 0 Å². The Kier molecular flexibility index (Phi) is 1.35. The Balaban J connectivity index is 2.49. The highest BCUT2D eigenvalue weighted by atomic mass is 14.4. The Morgan fingerprint density at radius 2 is 2.09 bits per heavy atom. The first-order valence-corrected chi connectivity index (χ1v) is 3.71. The lowest BCUT2D eigenvalue weighted by Crippen LogP contribution is -1.92. The van der Waals surface area contributed by atoms with Gasteiger partial charge < -0.3 is 5.41 Å². The Morgan fingerprint density at radius 3 is 3.00 bits per heavy atom. The number of nitrogens with one attached hydrogen (secondary N) is 1. The smallest absolute Gasteiger partial charge is 0.0430 e. The molecule has 0 amide bonds. The van der Waals surface area contributed by atoms with E-state index < -0.39 is 0 Å². The van der Waals surface area contributed by atoms with Gasteiger partial charge in [0.1, 0.15) is 0 Å². The maximum absolute atomic E-state index is 7.58. The third-order valence-electron chi connectivity index (χ3n) is 1.92. The molecule has 0 aromatic carbocycles. The highest BCUT2D eigenvalue weighted by Crippen LogP contribution is 2.24. The van der Waals surface area contributed by atoms with Crippen molar-refractivity contribution in [2.45, 2.75) is 6.42 Å². The molecular weight excluding hydrogens is 134 g/mol. The van der Waals surface area contributed by atoms with Crippen molar-refractivity contribution in [2.24, 2.45) is 0 Å². The molecule has 1 nitrogen and oxygen atoms in total. The molecule has 11 heavy (non-hydrogen) atoms. The fourth-order valence-corrected chi connectivity index (χ4v) is 1.34. The summed E-state index contributed by atoms with van der Waals surface area (Å²) in [5, 5.41) is 7.58. The number of hydrogen-bond acceptors (Lipinski definition) is 1. The van der Waals surface area contributed by atoms with E-state index in [9.17, 15) is 0 Å². The minimum absolute atomic E-state index is 0.733. The van der Waals surface area contributed by atoms with Gasteiger partial charge >= 0.3 is 0 Å². The summed E-state index contributed by atoms with van der Waals surface area (Å²) in [6, 6.07) is 0. The molecule has 2 rings (SSSR count). The van der Waals surface area contributed by atoms with Crippen molar-refractivity contribution in [3.05, 3.63) is 47.6 Å². The number of allylic oxidation sites excluding steroid dienone is 8. The molecule has 0 saturated carbocycles. The summed E-state index contributed by atoms with van der Waals surface area (Å²) in [4.78, 5) is 0. The molecule has 0 aromatic rings. The molecule has 1 N–H and O–H groups in total. The molecule has 0 aliphatic heterocycles. The molecule has 0 aromatic heterocycles. The predicted octanol–water partition coefficient (Wildman–Crippen LogP) is 2.39. The topological polar surface area (TPSA) is 23.9 Å². The van der Waals surface area contributed by atoms with E-state index in [0.29, 0.717) is 0 Å². The van der Waals surface area contributed by atoms with Crippen LogP contribution in [0, 0.1) is 5.41 Å². The lowest BCUT2D eigenvalue weighted by Gasteiger charge is -1.96. The van der Waals surface area contributed by atoms with E-state index in [1.54, 1.807) is 0 Å². The van der Waals surface area contributed by atoms with E-state index >= 15 is 0 Å². The maximum atomic E-state index is 7.58. The minimum Gasteiger partial charge on any atom is -0.304 e. The molecule has 2 aliphatic carbocycles. The van der Waals surface area contributed by atoms with Crippen LogP contribution >= 0.6 is 0 Å². The van der Waals surface area contributed by atoms with E-state index in [-0.39, 0.29) is 0 Å². The highest BCUT2D eigenvalue weighted by Gasteiger charge is 2.14. The van der Waals surface area contributed by atoms with Gasteiger partial charge in [-0.15, -0.1) is 0 Å². The Morgan fingerprint density at radius 1 is 1.18 bits per heavy atom. The molecule has 0 atom stereocenters. The first-order chi connectivity index (χ1) is 5.38. The summed E-state index contributed by atoms with van der Waals surface area (Å²) in [6.07, 6.45) is 12.9. The summed E-state index contributed by atoms with van der Waals surface area (Å²) < 4.78 is 0. The fraction of sp³-hybridized carbons (Fsp3) is 0.100. The molecule has 1 heteroatoms. The molecule has 0 saturated heterocycles. The first-order valence-electron chi connectivity index (χ1n) is 3.71. The zero-order valence-corrected chi connectivity index (χ0v) is 6.17. The summed E-state index contributed by atoms with van der Waals surface area (Å²) in [7, 11) is 0. The Hall–Kier alpha value is -1.37. The van der Waals surface area contributed by atoms with Gasteiger partial charge in [0, 0.05) is 17.7 Å². The van der Waals surface area contributed by atoms with Crippen molar-refractivity contribution in [3.8, 4) is 0 Å². The van der Waals surface area contributed by atoms with Gasteiger partial charge in [-0.05, 0) is 5.57 Å². The van der Waals surface area contributed by atoms with Crippen LogP contribution in [0.2, 0.25) is 0 Å². The average molecular weight is 143 g/mol. The second kappa shape index (κ2) is 2.35. The number of hydrogen-bond donors (Lipinski definition) is 1. The van der Waals surface area contributed by atoms with Crippen LogP contribution in [0.5, 0.6) is 0 Å². The van der Waals surface area contributed by atoms with Gasteiger partial charge in [0.25, 0.3) is 0 Å². The van der Waals surface area contributed by atoms with Crippen LogP contribution in [0.3, 0.4) is 0 Å². The Bertz CT molecular complexity index is 314. The van der Waals surface area contributed by atoms with Gasteiger partial charge in [0.2, 0.25) is 0 Å². The van der Waals surface area contributed by atoms with Crippen LogP contribution in [0.1, 0.15) is 6.42 Å². The van der Waals surface area contributed by atoms with E-state index in [1.165, 1.54) is 5.57 Å². The van der Waals surface area contributed by atoms with Crippen molar-refractivity contribution in [2.75, 3.05) is 0 Å². The second-order valence-corrected chi connectivity index (χ2v) is 2.67. The number of fused-ring (bicyclic) bond motifs is 1. The molecular formula is C10H9N. The molecule has 0 unspecified atom stereocenters. The largest absolute Gasteiger partial charge is 0.304 e. The summed E-state index contributed by atoms with van der Waals surface area (Å²) in [5.74, 6) is 0. The molecule has 54 valence electrons. The summed E-state index contributed by atoms with van der Waals surface area (Å²) in [5.41, 5.74) is 3.01. The van der Waals surface area contributed by atoms with E-state index in [1.807, 2.05) is 24.3 Å². The van der Waals surface area contributed by atoms with Gasteiger partial charge in [-0.2, -0.15) is 0 Å². The van der Waals surface area contributed by atoms with Crippen LogP contribution in [0.4, 0.5) is 0 Å². The van der Waals surface area contributed by atoms with Crippen LogP contribution < -0.4 is 0 Å². The zero-order chi connectivity index (χ0) is 7.68. The van der Waals surface area contributed by atoms with Crippen LogP contribution in [0.15, 0.2) is 47.6 Å². The van der Waals surface area contributed by atoms with Gasteiger partial charge in [-0.1, -0.05) is 36.5 Å². The molecule has 0 heterocycles. The van der Waals surface area contributed by atoms with E-state index in [4.69, 9.17) is 5.41 Å². The molecule has 2 aliphatic rings. The lowest BCUT2D eigenvalue weighted by molar-refractivity contribution is 1.41. The van der Waals surface area contributed by atoms with Gasteiger partial charge in [-0.3, -0.25) is 0 Å². The molecule has 0 radical (unpaired) electrons. The maximum Gasteiger partial charge on any atom is 0.0430 e. The number of rotatable bonds is 0. The average Bonchev–Trinajstić information content (AvgIpc) is 2.25. The second-order valence-electron chi connectivity index (χ2n) is 2.67. The third kappa shape index (κ3) is 0.984. The minimum atomic E-state index is 0.733. The third-order valence-corrected chi connectivity index (χ3v) is 1.92. The SMILES string of the molecule is N=C1CC=C2C=CC=CC=C12. The molecule has 0 spiro atoms. The lowest BCUT2D eigenvalue weighted by atomic mass is 10.1. The monoisotopic (exact) mass is 143 g/mol. The zero-order valence-electron chi connectivity index (χ0n) is 6.17. The van der Waals surface area contributed by atoms with Crippen molar-refractivity contribution in [3.63, 3.8) is 0 Å². The van der Waals surface area contributed by atoms with Gasteiger partial charge in [0.05, 0.1) is 0 Å². The summed E-state index contributed by atoms with van der Waals surface area (Å²) >= 11 is 0. The van der Waals surface area contributed by atoms with Crippen molar-refractivity contribution in [1.82, 2.24) is 0 Å². The fourth-order valence-electron chi connectivity index (χ4n) is 1.34. The van der Waals surface area contributed by atoms with Crippen molar-refractivity contribution in [1.29, 1.82) is 5.41 Å². The molecule has 0 fully saturated rings. The highest BCUT2D eigenvalue weighted by molar-refractivity contribution is 6.06. The first kappa shape index (κ1) is 6.35. The quantitative estimate of drug-likeness (QED) is 0.538. The van der Waals surface area contributed by atoms with E-state index in [0.717, 1.165) is 17.7 Å². The van der Waals surface area contributed by atoms with Crippen LogP contribution in [0.25, 0.3) is 0 Å². The normalized spacial score (nSPS) is 20.9. The summed E-state index contributed by atoms with van der Waals surface area (Å²) in [6.45, 7) is 0. The molecule has 0 bridgehead atoms. The van der Waals surface area contributed by atoms with E-state index in [2.05, 4.69) is 12.2 Å². The van der Waals surface area contributed by atoms with Gasteiger partial charge in [-0.25, -0.2) is 0 Å². The van der Waals surface area contributed by atoms with Crippen molar-refractivity contribution < 1.29 is 0 Å². The Labute approximate surface area is 65.9 Å². The predicted molar refractivity (Wildman–Crippen MR) is 46.8 cm³/mol. The van der Waals surface area contributed by atoms with Crippen LogP contribution in [-0.2, 0) is 0 Å². The van der Waals surface area contributed by atoms with Crippen molar-refractivity contribution >= 4 is 5.71 Å².